The number of anilines is 1. The second kappa shape index (κ2) is 4.59. The number of nitrogen functional groups attached to an aromatic ring is 1. The topological polar surface area (TPSA) is 95.2 Å². The minimum absolute atomic E-state index is 0.293. The smallest absolute Gasteiger partial charge is 0.124 e. The van der Waals surface area contributed by atoms with Crippen molar-refractivity contribution in [3.63, 3.8) is 0 Å². The molecular weight excluding hydrogens is 238 g/mol. The van der Waals surface area contributed by atoms with Crippen LogP contribution in [0.4, 0.5) is 5.82 Å². The Morgan fingerprint density at radius 1 is 1.62 bits per heavy atom. The van der Waals surface area contributed by atoms with Crippen LogP contribution >= 0.6 is 15.9 Å². The number of nitrogens with one attached hydrogen (secondary N) is 1. The number of hydrogen-bond donors (Lipinski definition) is 4. The first kappa shape index (κ1) is 10.5. The number of aromatic nitrogens is 2. The minimum Gasteiger partial charge on any atom is -0.390 e. The Morgan fingerprint density at radius 2 is 2.31 bits per heavy atom. The third kappa shape index (κ3) is 2.43. The van der Waals surface area contributed by atoms with Crippen molar-refractivity contribution in [1.29, 1.82) is 0 Å². The zero-order valence-corrected chi connectivity index (χ0v) is 8.53. The molecule has 0 bridgehead atoms. The van der Waals surface area contributed by atoms with Crippen molar-refractivity contribution in [3.8, 4) is 0 Å². The van der Waals surface area contributed by atoms with Gasteiger partial charge in [0.2, 0.25) is 0 Å². The van der Waals surface area contributed by atoms with E-state index in [2.05, 4.69) is 26.1 Å². The van der Waals surface area contributed by atoms with Crippen LogP contribution in [0.1, 0.15) is 18.1 Å². The first-order valence-corrected chi connectivity index (χ1v) is 4.99. The van der Waals surface area contributed by atoms with Crippen molar-refractivity contribution >= 4 is 21.7 Å². The second-order valence-corrected chi connectivity index (χ2v) is 3.52. The third-order valence-corrected chi connectivity index (χ3v) is 2.25. The SMILES string of the molecule is Nc1[nH]ncc1C(O)C(O)CCBr. The van der Waals surface area contributed by atoms with Gasteiger partial charge in [-0.2, -0.15) is 5.10 Å². The van der Waals surface area contributed by atoms with E-state index in [0.717, 1.165) is 0 Å². The van der Waals surface area contributed by atoms with E-state index in [-0.39, 0.29) is 0 Å². The van der Waals surface area contributed by atoms with Crippen molar-refractivity contribution in [1.82, 2.24) is 10.2 Å². The Labute approximate surface area is 84.1 Å². The van der Waals surface area contributed by atoms with E-state index in [9.17, 15) is 10.2 Å². The fraction of sp³-hybridized carbons (Fsp3) is 0.571. The molecule has 0 aliphatic carbocycles. The summed E-state index contributed by atoms with van der Waals surface area (Å²) in [4.78, 5) is 0. The van der Waals surface area contributed by atoms with Gasteiger partial charge in [-0.3, -0.25) is 5.10 Å². The Kier molecular flexibility index (Phi) is 3.71. The summed E-state index contributed by atoms with van der Waals surface area (Å²) in [6.07, 6.45) is 0.0824. The van der Waals surface area contributed by atoms with Crippen molar-refractivity contribution in [2.45, 2.75) is 18.6 Å². The molecule has 0 saturated heterocycles. The van der Waals surface area contributed by atoms with Crippen LogP contribution in [0.3, 0.4) is 0 Å². The van der Waals surface area contributed by atoms with Crippen LogP contribution in [-0.2, 0) is 0 Å². The summed E-state index contributed by atoms with van der Waals surface area (Å²) < 4.78 is 0. The predicted molar refractivity (Wildman–Crippen MR) is 52.4 cm³/mol. The molecule has 13 heavy (non-hydrogen) atoms. The molecule has 0 aromatic carbocycles. The van der Waals surface area contributed by atoms with E-state index in [1.165, 1.54) is 6.20 Å². The Morgan fingerprint density at radius 3 is 2.77 bits per heavy atom. The molecule has 0 saturated carbocycles. The second-order valence-electron chi connectivity index (χ2n) is 2.73. The van der Waals surface area contributed by atoms with Gasteiger partial charge in [0.05, 0.1) is 12.3 Å². The number of rotatable bonds is 4. The quantitative estimate of drug-likeness (QED) is 0.573. The highest BCUT2D eigenvalue weighted by Gasteiger charge is 2.20. The lowest BCUT2D eigenvalue weighted by Gasteiger charge is -2.15. The molecule has 0 aliphatic heterocycles. The molecule has 74 valence electrons. The minimum atomic E-state index is -0.976. The van der Waals surface area contributed by atoms with E-state index in [1.54, 1.807) is 0 Å². The highest BCUT2D eigenvalue weighted by molar-refractivity contribution is 9.09. The maximum absolute atomic E-state index is 9.58. The fourth-order valence-corrected chi connectivity index (χ4v) is 1.49. The number of alkyl halides is 1. The van der Waals surface area contributed by atoms with E-state index in [4.69, 9.17) is 5.73 Å². The molecule has 1 aromatic rings. The number of H-pyrrole nitrogens is 1. The van der Waals surface area contributed by atoms with Gasteiger partial charge in [-0.1, -0.05) is 15.9 Å². The zero-order valence-electron chi connectivity index (χ0n) is 6.94. The molecule has 2 unspecified atom stereocenters. The van der Waals surface area contributed by atoms with Gasteiger partial charge in [-0.15, -0.1) is 0 Å². The summed E-state index contributed by atoms with van der Waals surface area (Å²) in [5.74, 6) is 0.293. The first-order chi connectivity index (χ1) is 6.16. The molecule has 0 spiro atoms. The largest absolute Gasteiger partial charge is 0.390 e. The maximum atomic E-state index is 9.58. The first-order valence-electron chi connectivity index (χ1n) is 3.87. The standard InChI is InChI=1S/C7H12BrN3O2/c8-2-1-5(12)6(13)4-3-10-11-7(4)9/h3,5-6,12-13H,1-2H2,(H3,9,10,11). The summed E-state index contributed by atoms with van der Waals surface area (Å²) in [5, 5.41) is 25.8. The van der Waals surface area contributed by atoms with Gasteiger partial charge in [0.1, 0.15) is 11.9 Å². The van der Waals surface area contributed by atoms with Crippen LogP contribution < -0.4 is 5.73 Å². The van der Waals surface area contributed by atoms with Crippen molar-refractivity contribution < 1.29 is 10.2 Å². The molecule has 2 atom stereocenters. The number of halogens is 1. The molecule has 1 heterocycles. The van der Waals surface area contributed by atoms with E-state index in [0.29, 0.717) is 23.1 Å². The van der Waals surface area contributed by atoms with Gasteiger partial charge >= 0.3 is 0 Å². The number of hydrogen-bond acceptors (Lipinski definition) is 4. The monoisotopic (exact) mass is 249 g/mol. The van der Waals surface area contributed by atoms with Crippen LogP contribution in [0.2, 0.25) is 0 Å². The highest BCUT2D eigenvalue weighted by Crippen LogP contribution is 2.22. The van der Waals surface area contributed by atoms with Crippen LogP contribution in [0.5, 0.6) is 0 Å². The average molecular weight is 250 g/mol. The lowest BCUT2D eigenvalue weighted by molar-refractivity contribution is 0.0178. The van der Waals surface area contributed by atoms with E-state index in [1.807, 2.05) is 0 Å². The average Bonchev–Trinajstić information content (AvgIpc) is 2.50. The summed E-state index contributed by atoms with van der Waals surface area (Å²) in [6.45, 7) is 0. The molecule has 0 amide bonds. The fourth-order valence-electron chi connectivity index (χ4n) is 1.02. The zero-order chi connectivity index (χ0) is 9.84. The molecule has 0 fully saturated rings. The molecule has 0 aliphatic rings. The van der Waals surface area contributed by atoms with Gasteiger partial charge in [0, 0.05) is 10.9 Å². The summed E-state index contributed by atoms with van der Waals surface area (Å²) in [6, 6.07) is 0. The third-order valence-electron chi connectivity index (χ3n) is 1.79. The highest BCUT2D eigenvalue weighted by atomic mass is 79.9. The van der Waals surface area contributed by atoms with Crippen molar-refractivity contribution in [2.75, 3.05) is 11.1 Å². The van der Waals surface area contributed by atoms with Gasteiger partial charge in [0.25, 0.3) is 0 Å². The lowest BCUT2D eigenvalue weighted by atomic mass is 10.1. The maximum Gasteiger partial charge on any atom is 0.124 e. The van der Waals surface area contributed by atoms with Crippen LogP contribution in [0.15, 0.2) is 6.20 Å². The molecular formula is C7H12BrN3O2. The number of aliphatic hydroxyl groups is 2. The molecule has 5 N–H and O–H groups in total. The number of aromatic amines is 1. The molecule has 1 rings (SSSR count). The summed E-state index contributed by atoms with van der Waals surface area (Å²) in [7, 11) is 0. The van der Waals surface area contributed by atoms with Crippen LogP contribution in [-0.4, -0.2) is 31.8 Å². The predicted octanol–water partition coefficient (Wildman–Crippen LogP) is 0.171. The Hall–Kier alpha value is -0.590. The van der Waals surface area contributed by atoms with Gasteiger partial charge in [0.15, 0.2) is 0 Å². The Balaban J connectivity index is 2.67. The van der Waals surface area contributed by atoms with Gasteiger partial charge < -0.3 is 15.9 Å². The molecule has 1 aromatic heterocycles. The van der Waals surface area contributed by atoms with Gasteiger partial charge in [-0.05, 0) is 6.42 Å². The summed E-state index contributed by atoms with van der Waals surface area (Å²) in [5.41, 5.74) is 5.91. The molecule has 6 heteroatoms. The van der Waals surface area contributed by atoms with E-state index < -0.39 is 12.2 Å². The molecule has 5 nitrogen and oxygen atoms in total. The number of nitrogens with zero attached hydrogens (tertiary/aromatic N) is 1. The van der Waals surface area contributed by atoms with E-state index >= 15 is 0 Å². The van der Waals surface area contributed by atoms with Gasteiger partial charge in [-0.25, -0.2) is 0 Å². The normalized spacial score (nSPS) is 15.6. The number of aliphatic hydroxyl groups excluding tert-OH is 2. The van der Waals surface area contributed by atoms with Crippen LogP contribution in [0.25, 0.3) is 0 Å². The van der Waals surface area contributed by atoms with Crippen molar-refractivity contribution in [2.24, 2.45) is 0 Å². The lowest BCUT2D eigenvalue weighted by Crippen LogP contribution is -2.19. The Bertz CT molecular complexity index is 266. The van der Waals surface area contributed by atoms with Crippen molar-refractivity contribution in [3.05, 3.63) is 11.8 Å². The van der Waals surface area contributed by atoms with Crippen LogP contribution in [0, 0.1) is 0 Å². The molecule has 0 radical (unpaired) electrons. The summed E-state index contributed by atoms with van der Waals surface area (Å²) >= 11 is 3.17. The number of nitrogens with two attached hydrogens (primary N) is 1.